The van der Waals surface area contributed by atoms with Gasteiger partial charge in [0.05, 0.1) is 34.6 Å². The van der Waals surface area contributed by atoms with E-state index in [0.29, 0.717) is 45.6 Å². The first kappa shape index (κ1) is 30.2. The minimum Gasteiger partial charge on any atom is -0.440 e. The maximum absolute atomic E-state index is 15.8. The van der Waals surface area contributed by atoms with Crippen molar-refractivity contribution in [1.82, 2.24) is 4.98 Å². The molecule has 228 valence electrons. The highest BCUT2D eigenvalue weighted by molar-refractivity contribution is 6.62. The van der Waals surface area contributed by atoms with Crippen LogP contribution in [0.3, 0.4) is 0 Å². The number of nitrogens with one attached hydrogen (secondary N) is 1. The van der Waals surface area contributed by atoms with Gasteiger partial charge < -0.3 is 24.4 Å². The fraction of sp³-hybridized carbons (Fsp3) is 0.364. The van der Waals surface area contributed by atoms with Gasteiger partial charge in [-0.2, -0.15) is 0 Å². The van der Waals surface area contributed by atoms with Gasteiger partial charge in [0.15, 0.2) is 5.43 Å². The van der Waals surface area contributed by atoms with Crippen LogP contribution in [0, 0.1) is 31.5 Å². The second kappa shape index (κ2) is 11.9. The first-order valence-corrected chi connectivity index (χ1v) is 15.4. The third-order valence-electron chi connectivity index (χ3n) is 9.07. The molecule has 0 aliphatic carbocycles. The van der Waals surface area contributed by atoms with Crippen molar-refractivity contribution in [1.29, 1.82) is 0 Å². The van der Waals surface area contributed by atoms with Gasteiger partial charge in [-0.05, 0) is 62.8 Å². The molecule has 44 heavy (non-hydrogen) atoms. The third-order valence-corrected chi connectivity index (χ3v) is 9.28. The molecule has 1 fully saturated rings. The van der Waals surface area contributed by atoms with E-state index in [9.17, 15) is 9.82 Å². The minimum atomic E-state index is -1.36. The Balaban J connectivity index is 1.42. The summed E-state index contributed by atoms with van der Waals surface area (Å²) in [5.41, 5.74) is 4.23. The zero-order valence-electron chi connectivity index (χ0n) is 25.4. The number of aryl methyl sites for hydroxylation is 1. The van der Waals surface area contributed by atoms with Crippen LogP contribution in [0.1, 0.15) is 61.9 Å². The molecule has 11 heteroatoms. The average Bonchev–Trinajstić information content (AvgIpc) is 3.00. The third kappa shape index (κ3) is 5.34. The van der Waals surface area contributed by atoms with Gasteiger partial charge in [-0.25, -0.2) is 9.37 Å². The molecule has 0 amide bonds. The number of halogens is 2. The van der Waals surface area contributed by atoms with Crippen molar-refractivity contribution < 1.29 is 18.6 Å². The molecular formula is C33H35BClFN4O4. The summed E-state index contributed by atoms with van der Waals surface area (Å²) < 4.78 is 27.3. The number of fused-ring (bicyclic) bond motifs is 2. The maximum Gasteiger partial charge on any atom is 0.583 e. The molecule has 4 heterocycles. The molecule has 2 aliphatic heterocycles. The molecule has 0 saturated carbocycles. The molecule has 2 unspecified atom stereocenters. The highest BCUT2D eigenvalue weighted by Gasteiger charge is 2.31. The lowest BCUT2D eigenvalue weighted by atomic mass is 9.75. The van der Waals surface area contributed by atoms with Crippen molar-refractivity contribution in [2.45, 2.75) is 53.5 Å². The number of anilines is 2. The highest BCUT2D eigenvalue weighted by Crippen LogP contribution is 2.37. The van der Waals surface area contributed by atoms with Crippen LogP contribution < -0.4 is 21.1 Å². The number of hydrogen-bond donors (Lipinski definition) is 2. The van der Waals surface area contributed by atoms with Gasteiger partial charge in [-0.15, -0.1) is 5.16 Å². The lowest BCUT2D eigenvalue weighted by Crippen LogP contribution is -2.40. The van der Waals surface area contributed by atoms with Gasteiger partial charge in [-0.1, -0.05) is 50.1 Å². The second-order valence-electron chi connectivity index (χ2n) is 12.0. The number of benzene rings is 2. The van der Waals surface area contributed by atoms with E-state index in [-0.39, 0.29) is 33.2 Å². The molecular weight excluding hydrogens is 582 g/mol. The first-order valence-electron chi connectivity index (χ1n) is 15.0. The molecule has 0 bridgehead atoms. The van der Waals surface area contributed by atoms with Crippen molar-refractivity contribution in [3.05, 3.63) is 79.8 Å². The number of pyridine rings is 1. The highest BCUT2D eigenvalue weighted by atomic mass is 35.5. The molecule has 2 aromatic carbocycles. The normalized spacial score (nSPS) is 18.7. The predicted molar refractivity (Wildman–Crippen MR) is 175 cm³/mol. The van der Waals surface area contributed by atoms with Gasteiger partial charge in [-0.3, -0.25) is 4.79 Å². The number of nitrogens with zero attached hydrogens (tertiary/aromatic N) is 3. The summed E-state index contributed by atoms with van der Waals surface area (Å²) in [5, 5.41) is 17.9. The fourth-order valence-electron chi connectivity index (χ4n) is 6.45. The summed E-state index contributed by atoms with van der Waals surface area (Å²) in [7, 11) is -1.36. The Kier molecular flexibility index (Phi) is 8.15. The van der Waals surface area contributed by atoms with Crippen LogP contribution in [0.2, 0.25) is 5.15 Å². The largest absolute Gasteiger partial charge is 0.583 e. The molecule has 6 rings (SSSR count). The Morgan fingerprint density at radius 2 is 2.05 bits per heavy atom. The number of aromatic nitrogens is 1. The van der Waals surface area contributed by atoms with Crippen LogP contribution in [0.4, 0.5) is 16.0 Å². The van der Waals surface area contributed by atoms with Crippen LogP contribution >= 0.6 is 11.6 Å². The van der Waals surface area contributed by atoms with Crippen molar-refractivity contribution >= 4 is 52.9 Å². The molecule has 2 aromatic heterocycles. The maximum atomic E-state index is 15.8. The van der Waals surface area contributed by atoms with E-state index in [0.717, 1.165) is 37.1 Å². The minimum absolute atomic E-state index is 0.0390. The number of oxime groups is 1. The van der Waals surface area contributed by atoms with Gasteiger partial charge in [0.1, 0.15) is 16.6 Å². The van der Waals surface area contributed by atoms with Gasteiger partial charge in [0.25, 0.3) is 0 Å². The Morgan fingerprint density at radius 1 is 1.25 bits per heavy atom. The summed E-state index contributed by atoms with van der Waals surface area (Å²) >= 11 is 6.29. The van der Waals surface area contributed by atoms with Crippen LogP contribution in [0.15, 0.2) is 50.8 Å². The fourth-order valence-corrected chi connectivity index (χ4v) is 6.60. The van der Waals surface area contributed by atoms with Gasteiger partial charge in [0, 0.05) is 35.2 Å². The first-order chi connectivity index (χ1) is 21.1. The smallest absolute Gasteiger partial charge is 0.440 e. The number of hydrogen-bond acceptors (Lipinski definition) is 8. The topological polar surface area (TPSA) is 100 Å². The van der Waals surface area contributed by atoms with Gasteiger partial charge in [0.2, 0.25) is 5.88 Å². The predicted octanol–water partition coefficient (Wildman–Crippen LogP) is 6.36. The molecule has 4 aromatic rings. The monoisotopic (exact) mass is 616 g/mol. The van der Waals surface area contributed by atoms with Crippen LogP contribution in [-0.2, 0) is 4.76 Å². The van der Waals surface area contributed by atoms with E-state index in [4.69, 9.17) is 20.8 Å². The molecule has 0 radical (unpaired) electrons. The van der Waals surface area contributed by atoms with E-state index < -0.39 is 12.9 Å². The van der Waals surface area contributed by atoms with E-state index in [1.165, 1.54) is 12.3 Å². The Hall–Kier alpha value is -3.89. The average molecular weight is 617 g/mol. The molecule has 8 nitrogen and oxygen atoms in total. The van der Waals surface area contributed by atoms with Crippen LogP contribution in [-0.4, -0.2) is 36.4 Å². The van der Waals surface area contributed by atoms with Crippen molar-refractivity contribution in [2.75, 3.05) is 23.3 Å². The zero-order chi connectivity index (χ0) is 31.3. The summed E-state index contributed by atoms with van der Waals surface area (Å²) in [6, 6.07) is 10.0. The molecule has 2 N–H and O–H groups in total. The molecule has 2 aliphatic rings. The van der Waals surface area contributed by atoms with E-state index in [1.807, 2.05) is 32.9 Å². The standard InChI is InChI=1S/C33H35BClFN4O4/c1-6-21-16-40(12-11-18(21)3)33-19(4)31(41)24-14-17(2)13-23(32(24)43-33)20(5)38-27-9-10-28(35)39-30(27)22-7-8-26-25(29(22)36)15-37-44-34(26)42/h7-10,13-15,18,20-21,38,42H,6,11-12,16H2,1-5H3/t18?,20-,21?/m1/s1. The molecule has 3 atom stereocenters. The summed E-state index contributed by atoms with van der Waals surface area (Å²) in [6.45, 7) is 12.0. The Labute approximate surface area is 261 Å². The Morgan fingerprint density at radius 3 is 2.82 bits per heavy atom. The van der Waals surface area contributed by atoms with Crippen LogP contribution in [0.25, 0.3) is 22.2 Å². The SMILES string of the molecule is CCC1CN(c2oc3c([C@@H](C)Nc4ccc(Cl)nc4-c4ccc5c(c4F)C=NOB5O)cc(C)cc3c(=O)c2C)CCC1C. The van der Waals surface area contributed by atoms with Gasteiger partial charge >= 0.3 is 7.12 Å². The summed E-state index contributed by atoms with van der Waals surface area (Å²) in [6.07, 6.45) is 3.35. The summed E-state index contributed by atoms with van der Waals surface area (Å²) in [4.78, 5) is 20.4. The molecule has 1 saturated heterocycles. The number of rotatable bonds is 6. The zero-order valence-corrected chi connectivity index (χ0v) is 26.2. The van der Waals surface area contributed by atoms with Crippen molar-refractivity contribution in [2.24, 2.45) is 17.0 Å². The second-order valence-corrected chi connectivity index (χ2v) is 12.4. The lowest BCUT2D eigenvalue weighted by molar-refractivity contribution is 0.285. The van der Waals surface area contributed by atoms with Crippen molar-refractivity contribution in [3.63, 3.8) is 0 Å². The van der Waals surface area contributed by atoms with E-state index in [1.54, 1.807) is 18.2 Å². The van der Waals surface area contributed by atoms with Crippen molar-refractivity contribution in [3.8, 4) is 11.3 Å². The molecule has 0 spiro atoms. The number of piperidine rings is 1. The lowest BCUT2D eigenvalue weighted by Gasteiger charge is -2.37. The van der Waals surface area contributed by atoms with E-state index >= 15 is 4.39 Å². The quantitative estimate of drug-likeness (QED) is 0.192. The summed E-state index contributed by atoms with van der Waals surface area (Å²) in [5.74, 6) is 1.18. The van der Waals surface area contributed by atoms with E-state index in [2.05, 4.69) is 34.2 Å². The Bertz CT molecular complexity index is 1850. The van der Waals surface area contributed by atoms with Crippen LogP contribution in [0.5, 0.6) is 0 Å².